The molecule has 0 aromatic heterocycles. The summed E-state index contributed by atoms with van der Waals surface area (Å²) in [6.07, 6.45) is 5.69. The molecule has 1 atom stereocenters. The normalized spacial score (nSPS) is 11.6. The highest BCUT2D eigenvalue weighted by Crippen LogP contribution is 2.18. The molecule has 0 aliphatic rings. The number of amides is 1. The molecule has 0 saturated heterocycles. The van der Waals surface area contributed by atoms with Crippen LogP contribution in [-0.2, 0) is 0 Å². The second-order valence-electron chi connectivity index (χ2n) is 3.70. The van der Waals surface area contributed by atoms with Gasteiger partial charge in [0.15, 0.2) is 0 Å². The summed E-state index contributed by atoms with van der Waals surface area (Å²) in [6, 6.07) is 5.24. The van der Waals surface area contributed by atoms with Crippen molar-refractivity contribution in [3.8, 4) is 12.3 Å². The van der Waals surface area contributed by atoms with E-state index in [9.17, 15) is 4.79 Å². The molecule has 3 heteroatoms. The maximum absolute atomic E-state index is 11.9. The molecule has 0 bridgehead atoms. The number of rotatable bonds is 3. The van der Waals surface area contributed by atoms with E-state index in [-0.39, 0.29) is 11.9 Å². The Bertz CT molecular complexity index is 434. The van der Waals surface area contributed by atoms with Crippen molar-refractivity contribution in [2.45, 2.75) is 26.3 Å². The summed E-state index contributed by atoms with van der Waals surface area (Å²) in [4.78, 5) is 11.9. The predicted molar refractivity (Wildman–Crippen MR) is 66.6 cm³/mol. The lowest BCUT2D eigenvalue weighted by atomic mass is 10.1. The van der Waals surface area contributed by atoms with Crippen molar-refractivity contribution in [2.24, 2.45) is 0 Å². The molecule has 0 radical (unpaired) electrons. The molecule has 2 nitrogen and oxygen atoms in total. The summed E-state index contributed by atoms with van der Waals surface area (Å²) in [5, 5.41) is 3.42. The lowest BCUT2D eigenvalue weighted by Gasteiger charge is -2.12. The van der Waals surface area contributed by atoms with Gasteiger partial charge in [-0.3, -0.25) is 4.79 Å². The van der Waals surface area contributed by atoms with Crippen LogP contribution in [0.2, 0.25) is 5.02 Å². The maximum Gasteiger partial charge on any atom is 0.251 e. The second kappa shape index (κ2) is 5.58. The molecule has 16 heavy (non-hydrogen) atoms. The van der Waals surface area contributed by atoms with Crippen LogP contribution < -0.4 is 5.32 Å². The molecule has 1 unspecified atom stereocenters. The molecule has 1 amide bonds. The summed E-state index contributed by atoms with van der Waals surface area (Å²) in [5.41, 5.74) is 1.38. The Labute approximate surface area is 101 Å². The van der Waals surface area contributed by atoms with E-state index in [1.54, 1.807) is 18.2 Å². The summed E-state index contributed by atoms with van der Waals surface area (Å²) in [6.45, 7) is 3.70. The molecule has 0 aliphatic heterocycles. The van der Waals surface area contributed by atoms with E-state index in [1.165, 1.54) is 0 Å². The third-order valence-electron chi connectivity index (χ3n) is 2.31. The van der Waals surface area contributed by atoms with Gasteiger partial charge < -0.3 is 5.32 Å². The summed E-state index contributed by atoms with van der Waals surface area (Å²) >= 11 is 5.94. The van der Waals surface area contributed by atoms with Crippen LogP contribution >= 0.6 is 11.6 Å². The van der Waals surface area contributed by atoms with Gasteiger partial charge in [-0.25, -0.2) is 0 Å². The van der Waals surface area contributed by atoms with Crippen LogP contribution in [0.4, 0.5) is 0 Å². The number of nitrogens with one attached hydrogen (secondary N) is 1. The highest BCUT2D eigenvalue weighted by Gasteiger charge is 2.12. The van der Waals surface area contributed by atoms with E-state index >= 15 is 0 Å². The zero-order chi connectivity index (χ0) is 12.1. The Balaban J connectivity index is 2.82. The SMILES string of the molecule is C#CCC(C)NC(=O)c1cccc(Cl)c1C. The first-order chi connectivity index (χ1) is 7.56. The first kappa shape index (κ1) is 12.6. The molecule has 0 aliphatic carbocycles. The number of carbonyl (C=O) groups is 1. The smallest absolute Gasteiger partial charge is 0.251 e. The Hall–Kier alpha value is -1.46. The summed E-state index contributed by atoms with van der Waals surface area (Å²) < 4.78 is 0. The molecule has 1 aromatic rings. The molecule has 0 spiro atoms. The van der Waals surface area contributed by atoms with Gasteiger partial charge in [-0.2, -0.15) is 0 Å². The topological polar surface area (TPSA) is 29.1 Å². The van der Waals surface area contributed by atoms with Gasteiger partial charge in [-0.05, 0) is 31.5 Å². The summed E-state index contributed by atoms with van der Waals surface area (Å²) in [7, 11) is 0. The second-order valence-corrected chi connectivity index (χ2v) is 4.10. The maximum atomic E-state index is 11.9. The third kappa shape index (κ3) is 3.01. The number of terminal acetylenes is 1. The van der Waals surface area contributed by atoms with E-state index in [0.29, 0.717) is 17.0 Å². The molecule has 1 aromatic carbocycles. The van der Waals surface area contributed by atoms with Crippen molar-refractivity contribution in [1.29, 1.82) is 0 Å². The highest BCUT2D eigenvalue weighted by atomic mass is 35.5. The van der Waals surface area contributed by atoms with E-state index in [2.05, 4.69) is 11.2 Å². The van der Waals surface area contributed by atoms with Gasteiger partial charge in [0.25, 0.3) is 5.91 Å². The van der Waals surface area contributed by atoms with Gasteiger partial charge in [0, 0.05) is 23.0 Å². The lowest BCUT2D eigenvalue weighted by Crippen LogP contribution is -2.32. The van der Waals surface area contributed by atoms with E-state index < -0.39 is 0 Å². The Morgan fingerprint density at radius 2 is 2.31 bits per heavy atom. The van der Waals surface area contributed by atoms with Crippen molar-refractivity contribution in [3.05, 3.63) is 34.3 Å². The van der Waals surface area contributed by atoms with Crippen LogP contribution in [0.25, 0.3) is 0 Å². The van der Waals surface area contributed by atoms with Crippen molar-refractivity contribution in [3.63, 3.8) is 0 Å². The van der Waals surface area contributed by atoms with Gasteiger partial charge in [-0.15, -0.1) is 12.3 Å². The fourth-order valence-corrected chi connectivity index (χ4v) is 1.56. The molecule has 0 saturated carbocycles. The van der Waals surface area contributed by atoms with Gasteiger partial charge >= 0.3 is 0 Å². The first-order valence-corrected chi connectivity index (χ1v) is 5.43. The molecule has 84 valence electrons. The fraction of sp³-hybridized carbons (Fsp3) is 0.308. The molecule has 1 rings (SSSR count). The largest absolute Gasteiger partial charge is 0.349 e. The average molecular weight is 236 g/mol. The van der Waals surface area contributed by atoms with Crippen molar-refractivity contribution >= 4 is 17.5 Å². The predicted octanol–water partition coefficient (Wildman–Crippen LogP) is 2.79. The van der Waals surface area contributed by atoms with E-state index in [0.717, 1.165) is 5.56 Å². The lowest BCUT2D eigenvalue weighted by molar-refractivity contribution is 0.0940. The van der Waals surface area contributed by atoms with Crippen molar-refractivity contribution in [1.82, 2.24) is 5.32 Å². The molecule has 1 N–H and O–H groups in total. The standard InChI is InChI=1S/C13H14ClNO/c1-4-6-9(2)15-13(16)11-7-5-8-12(14)10(11)3/h1,5,7-9H,6H2,2-3H3,(H,15,16). The monoisotopic (exact) mass is 235 g/mol. The van der Waals surface area contributed by atoms with Crippen LogP contribution in [0, 0.1) is 19.3 Å². The minimum Gasteiger partial charge on any atom is -0.349 e. The number of halogens is 1. The third-order valence-corrected chi connectivity index (χ3v) is 2.72. The van der Waals surface area contributed by atoms with Gasteiger partial charge in [-0.1, -0.05) is 17.7 Å². The van der Waals surface area contributed by atoms with Crippen LogP contribution in [-0.4, -0.2) is 11.9 Å². The zero-order valence-corrected chi connectivity index (χ0v) is 10.1. The molecular formula is C13H14ClNO. The minimum absolute atomic E-state index is 0.0316. The van der Waals surface area contributed by atoms with E-state index in [4.69, 9.17) is 18.0 Å². The Morgan fingerprint density at radius 3 is 2.94 bits per heavy atom. The minimum atomic E-state index is -0.136. The first-order valence-electron chi connectivity index (χ1n) is 5.05. The Kier molecular flexibility index (Phi) is 4.39. The van der Waals surface area contributed by atoms with Crippen molar-refractivity contribution < 1.29 is 4.79 Å². The fourth-order valence-electron chi connectivity index (χ4n) is 1.38. The van der Waals surface area contributed by atoms with Crippen LogP contribution in [0.1, 0.15) is 29.3 Å². The van der Waals surface area contributed by atoms with Crippen LogP contribution in [0.3, 0.4) is 0 Å². The summed E-state index contributed by atoms with van der Waals surface area (Å²) in [5.74, 6) is 2.37. The van der Waals surface area contributed by atoms with Crippen molar-refractivity contribution in [2.75, 3.05) is 0 Å². The van der Waals surface area contributed by atoms with E-state index in [1.807, 2.05) is 13.8 Å². The van der Waals surface area contributed by atoms with Gasteiger partial charge in [0.05, 0.1) is 0 Å². The Morgan fingerprint density at radius 1 is 1.62 bits per heavy atom. The van der Waals surface area contributed by atoms with Crippen LogP contribution in [0.5, 0.6) is 0 Å². The highest BCUT2D eigenvalue weighted by molar-refractivity contribution is 6.31. The number of carbonyl (C=O) groups excluding carboxylic acids is 1. The number of hydrogen-bond acceptors (Lipinski definition) is 1. The van der Waals surface area contributed by atoms with Crippen LogP contribution in [0.15, 0.2) is 18.2 Å². The molecule has 0 heterocycles. The average Bonchev–Trinajstić information content (AvgIpc) is 2.22. The molecular weight excluding hydrogens is 222 g/mol. The number of benzene rings is 1. The van der Waals surface area contributed by atoms with Gasteiger partial charge in [0.1, 0.15) is 0 Å². The number of hydrogen-bond donors (Lipinski definition) is 1. The quantitative estimate of drug-likeness (QED) is 0.802. The zero-order valence-electron chi connectivity index (χ0n) is 9.38. The van der Waals surface area contributed by atoms with Gasteiger partial charge in [0.2, 0.25) is 0 Å². The molecule has 0 fully saturated rings.